The number of fused-ring (bicyclic) bond motifs is 3. The van der Waals surface area contributed by atoms with E-state index in [-0.39, 0.29) is 29.3 Å². The van der Waals surface area contributed by atoms with Crippen LogP contribution in [0.1, 0.15) is 57.8 Å². The zero-order chi connectivity index (χ0) is 23.0. The maximum atomic E-state index is 13.6. The number of anilines is 2. The molecule has 1 atom stereocenters. The third-order valence-corrected chi connectivity index (χ3v) is 9.45. The first-order chi connectivity index (χ1) is 16.0. The Morgan fingerprint density at radius 3 is 2.24 bits per heavy atom. The highest BCUT2D eigenvalue weighted by Gasteiger charge is 2.41. The second-order valence-corrected chi connectivity index (χ2v) is 11.6. The number of likely N-dealkylation sites (tertiary alicyclic amines) is 1. The Balaban J connectivity index is 1.50. The number of benzene rings is 1. The molecule has 9 heteroatoms. The quantitative estimate of drug-likeness (QED) is 0.670. The van der Waals surface area contributed by atoms with Gasteiger partial charge in [-0.3, -0.25) is 14.5 Å². The monoisotopic (exact) mass is 474 g/mol. The van der Waals surface area contributed by atoms with Crippen molar-refractivity contribution in [3.63, 3.8) is 0 Å². The predicted octanol–water partition coefficient (Wildman–Crippen LogP) is 2.58. The molecule has 4 aliphatic rings. The molecule has 0 N–H and O–H groups in total. The van der Waals surface area contributed by atoms with Gasteiger partial charge in [-0.25, -0.2) is 8.42 Å². The third-order valence-electron chi connectivity index (χ3n) is 7.56. The molecule has 0 saturated carbocycles. The van der Waals surface area contributed by atoms with Crippen LogP contribution in [-0.2, 0) is 19.6 Å². The summed E-state index contributed by atoms with van der Waals surface area (Å²) in [4.78, 5) is 32.4. The summed E-state index contributed by atoms with van der Waals surface area (Å²) in [5.41, 5.74) is 1.42. The number of hydrogen-bond acceptors (Lipinski definition) is 5. The highest BCUT2D eigenvalue weighted by Crippen LogP contribution is 2.41. The van der Waals surface area contributed by atoms with Crippen LogP contribution in [0.15, 0.2) is 23.1 Å². The summed E-state index contributed by atoms with van der Waals surface area (Å²) in [6, 6.07) is 4.88. The molecule has 5 rings (SSSR count). The number of nitrogens with zero attached hydrogens (tertiary/aromatic N) is 4. The van der Waals surface area contributed by atoms with E-state index in [1.165, 1.54) is 0 Å². The van der Waals surface area contributed by atoms with Crippen molar-refractivity contribution in [1.82, 2.24) is 9.21 Å². The van der Waals surface area contributed by atoms with Gasteiger partial charge in [0.1, 0.15) is 12.6 Å². The molecule has 0 unspecified atom stereocenters. The minimum Gasteiger partial charge on any atom is -0.358 e. The van der Waals surface area contributed by atoms with Gasteiger partial charge < -0.3 is 9.80 Å². The van der Waals surface area contributed by atoms with Crippen LogP contribution in [-0.4, -0.2) is 74.7 Å². The number of sulfonamides is 1. The van der Waals surface area contributed by atoms with E-state index in [0.717, 1.165) is 83.1 Å². The smallest absolute Gasteiger partial charge is 0.250 e. The van der Waals surface area contributed by atoms with Crippen LogP contribution >= 0.6 is 0 Å². The molecule has 3 saturated heterocycles. The van der Waals surface area contributed by atoms with Crippen LogP contribution in [0.5, 0.6) is 0 Å². The Hall–Kier alpha value is -2.13. The molecule has 8 nitrogen and oxygen atoms in total. The highest BCUT2D eigenvalue weighted by molar-refractivity contribution is 7.89. The maximum Gasteiger partial charge on any atom is 0.250 e. The van der Waals surface area contributed by atoms with Crippen molar-refractivity contribution < 1.29 is 18.0 Å². The van der Waals surface area contributed by atoms with Crippen LogP contribution < -0.4 is 9.80 Å². The third kappa shape index (κ3) is 4.25. The summed E-state index contributed by atoms with van der Waals surface area (Å²) >= 11 is 0. The molecule has 1 aromatic rings. The standard InChI is InChI=1S/C24H34N4O4S/c29-23(25-12-4-1-5-13-25)18-28-22-17-19(33(31,32)26-14-6-2-7-15-26)10-11-20(22)27-16-8-3-9-21(27)24(28)30/h10-11,17,21H,1-9,12-16,18H2/t21-/m1/s1. The SMILES string of the molecule is O=C(CN1C(=O)[C@H]2CCCCN2c2ccc(S(=O)(=O)N3CCCCC3)cc21)N1CCCCC1. The summed E-state index contributed by atoms with van der Waals surface area (Å²) in [5.74, 6) is -0.136. The van der Waals surface area contributed by atoms with Gasteiger partial charge in [0.05, 0.1) is 16.3 Å². The van der Waals surface area contributed by atoms with Crippen LogP contribution in [0.3, 0.4) is 0 Å². The normalized spacial score (nSPS) is 24.4. The summed E-state index contributed by atoms with van der Waals surface area (Å²) in [5, 5.41) is 0. The van der Waals surface area contributed by atoms with E-state index in [1.807, 2.05) is 11.0 Å². The lowest BCUT2D eigenvalue weighted by atomic mass is 9.96. The van der Waals surface area contributed by atoms with Gasteiger partial charge in [0.2, 0.25) is 21.8 Å². The molecule has 4 aliphatic heterocycles. The van der Waals surface area contributed by atoms with Gasteiger partial charge in [-0.2, -0.15) is 4.31 Å². The summed E-state index contributed by atoms with van der Waals surface area (Å²) < 4.78 is 28.2. The Morgan fingerprint density at radius 1 is 0.848 bits per heavy atom. The second kappa shape index (κ2) is 9.25. The van der Waals surface area contributed by atoms with Crippen molar-refractivity contribution in [1.29, 1.82) is 0 Å². The lowest BCUT2D eigenvalue weighted by Gasteiger charge is -2.45. The molecule has 0 radical (unpaired) electrons. The van der Waals surface area contributed by atoms with Crippen LogP contribution in [0.4, 0.5) is 11.4 Å². The lowest BCUT2D eigenvalue weighted by molar-refractivity contribution is -0.132. The van der Waals surface area contributed by atoms with Crippen LogP contribution in [0.2, 0.25) is 0 Å². The molecule has 180 valence electrons. The van der Waals surface area contributed by atoms with Crippen LogP contribution in [0.25, 0.3) is 0 Å². The van der Waals surface area contributed by atoms with E-state index in [1.54, 1.807) is 21.3 Å². The zero-order valence-electron chi connectivity index (χ0n) is 19.2. The Bertz CT molecular complexity index is 1020. The molecular weight excluding hydrogens is 440 g/mol. The molecule has 33 heavy (non-hydrogen) atoms. The second-order valence-electron chi connectivity index (χ2n) is 9.69. The number of carbonyl (C=O) groups is 2. The molecule has 0 bridgehead atoms. The summed E-state index contributed by atoms with van der Waals surface area (Å²) in [7, 11) is -3.63. The molecule has 1 aromatic carbocycles. The first kappa shape index (κ1) is 22.7. The fraction of sp³-hybridized carbons (Fsp3) is 0.667. The van der Waals surface area contributed by atoms with Crippen molar-refractivity contribution in [2.45, 2.75) is 68.7 Å². The average Bonchev–Trinajstić information content (AvgIpc) is 2.87. The van der Waals surface area contributed by atoms with Crippen molar-refractivity contribution in [2.24, 2.45) is 0 Å². The Labute approximate surface area is 196 Å². The van der Waals surface area contributed by atoms with Crippen LogP contribution in [0, 0.1) is 0 Å². The number of rotatable bonds is 4. The van der Waals surface area contributed by atoms with E-state index in [4.69, 9.17) is 0 Å². The van der Waals surface area contributed by atoms with Gasteiger partial charge in [0.15, 0.2) is 0 Å². The molecule has 0 spiro atoms. The molecule has 3 fully saturated rings. The van der Waals surface area contributed by atoms with E-state index in [2.05, 4.69) is 4.90 Å². The molecule has 2 amide bonds. The molecule has 4 heterocycles. The first-order valence-corrected chi connectivity index (χ1v) is 13.9. The fourth-order valence-electron chi connectivity index (χ4n) is 5.69. The van der Waals surface area contributed by atoms with Gasteiger partial charge in [0, 0.05) is 32.7 Å². The number of amides is 2. The van der Waals surface area contributed by atoms with E-state index in [0.29, 0.717) is 18.8 Å². The summed E-state index contributed by atoms with van der Waals surface area (Å²) in [6.45, 7) is 3.27. The molecule has 0 aliphatic carbocycles. The van der Waals surface area contributed by atoms with Crippen molar-refractivity contribution >= 4 is 33.2 Å². The molecular formula is C24H34N4O4S. The van der Waals surface area contributed by atoms with E-state index >= 15 is 0 Å². The van der Waals surface area contributed by atoms with Crippen molar-refractivity contribution in [3.8, 4) is 0 Å². The minimum atomic E-state index is -3.63. The van der Waals surface area contributed by atoms with Crippen molar-refractivity contribution in [2.75, 3.05) is 49.1 Å². The molecule has 0 aromatic heterocycles. The van der Waals surface area contributed by atoms with Gasteiger partial charge in [0.25, 0.3) is 0 Å². The number of piperidine rings is 3. The van der Waals surface area contributed by atoms with Crippen molar-refractivity contribution in [3.05, 3.63) is 18.2 Å². The number of carbonyl (C=O) groups excluding carboxylic acids is 2. The van der Waals surface area contributed by atoms with Gasteiger partial charge in [-0.05, 0) is 69.6 Å². The van der Waals surface area contributed by atoms with Gasteiger partial charge in [-0.1, -0.05) is 6.42 Å². The highest BCUT2D eigenvalue weighted by atomic mass is 32.2. The van der Waals surface area contributed by atoms with Gasteiger partial charge >= 0.3 is 0 Å². The number of hydrogen-bond donors (Lipinski definition) is 0. The summed E-state index contributed by atoms with van der Waals surface area (Å²) in [6.07, 6.45) is 8.65. The first-order valence-electron chi connectivity index (χ1n) is 12.5. The Kier molecular flexibility index (Phi) is 6.35. The minimum absolute atomic E-state index is 0.0244. The van der Waals surface area contributed by atoms with Gasteiger partial charge in [-0.15, -0.1) is 0 Å². The maximum absolute atomic E-state index is 13.6. The van der Waals surface area contributed by atoms with E-state index < -0.39 is 10.0 Å². The zero-order valence-corrected chi connectivity index (χ0v) is 20.1. The van der Waals surface area contributed by atoms with E-state index in [9.17, 15) is 18.0 Å². The topological polar surface area (TPSA) is 81.2 Å². The lowest BCUT2D eigenvalue weighted by Crippen LogP contribution is -2.57. The largest absolute Gasteiger partial charge is 0.358 e. The fourth-order valence-corrected chi connectivity index (χ4v) is 7.23. The average molecular weight is 475 g/mol. The Morgan fingerprint density at radius 2 is 1.52 bits per heavy atom. The predicted molar refractivity (Wildman–Crippen MR) is 127 cm³/mol.